The highest BCUT2D eigenvalue weighted by molar-refractivity contribution is 7.89. The fourth-order valence-electron chi connectivity index (χ4n) is 2.53. The Kier molecular flexibility index (Phi) is 4.92. The molecule has 8 heteroatoms. The minimum atomic E-state index is -3.63. The first-order valence-corrected chi connectivity index (χ1v) is 8.56. The van der Waals surface area contributed by atoms with Gasteiger partial charge in [0.2, 0.25) is 0 Å². The Labute approximate surface area is 129 Å². The third-order valence-corrected chi connectivity index (χ3v) is 5.09. The van der Waals surface area contributed by atoms with Gasteiger partial charge in [0.15, 0.2) is 10.8 Å². The first kappa shape index (κ1) is 16.6. The molecule has 1 aromatic rings. The molecule has 1 fully saturated rings. The molecule has 1 aliphatic rings. The van der Waals surface area contributed by atoms with E-state index in [0.29, 0.717) is 13.0 Å². The molecular weight excluding hydrogens is 306 g/mol. The number of aromatic nitrogens is 1. The van der Waals surface area contributed by atoms with E-state index in [1.165, 1.54) is 32.3 Å². The number of ketones is 1. The maximum Gasteiger partial charge on any atom is 0.257 e. The van der Waals surface area contributed by atoms with E-state index < -0.39 is 16.1 Å². The number of Topliss-reactive ketones (excluding diaryl/α,β-unsaturated/α-hetero) is 1. The second kappa shape index (κ2) is 6.53. The minimum Gasteiger partial charge on any atom is -0.329 e. The van der Waals surface area contributed by atoms with Crippen LogP contribution in [-0.2, 0) is 14.8 Å². The van der Waals surface area contributed by atoms with Gasteiger partial charge in [0.1, 0.15) is 0 Å². The number of sulfonamides is 1. The summed E-state index contributed by atoms with van der Waals surface area (Å²) in [5.41, 5.74) is 0.281. The molecule has 1 atom stereocenters. The Bertz CT molecular complexity index is 670. The van der Waals surface area contributed by atoms with Gasteiger partial charge in [0.05, 0.1) is 11.6 Å². The normalized spacial score (nSPS) is 19.0. The van der Waals surface area contributed by atoms with Crippen LogP contribution in [0.1, 0.15) is 36.5 Å². The molecule has 120 valence electrons. The number of nitrogens with one attached hydrogen (secondary N) is 1. The van der Waals surface area contributed by atoms with Crippen molar-refractivity contribution in [1.82, 2.24) is 14.6 Å². The molecule has 1 aliphatic heterocycles. The van der Waals surface area contributed by atoms with Crippen molar-refractivity contribution in [3.8, 4) is 0 Å². The van der Waals surface area contributed by atoms with Crippen molar-refractivity contribution in [1.29, 1.82) is 0 Å². The van der Waals surface area contributed by atoms with Gasteiger partial charge in [0, 0.05) is 12.7 Å². The second-order valence-electron chi connectivity index (χ2n) is 5.21. The summed E-state index contributed by atoms with van der Waals surface area (Å²) in [6.45, 7) is 2.01. The summed E-state index contributed by atoms with van der Waals surface area (Å²) in [7, 11) is -2.34. The zero-order valence-electron chi connectivity index (χ0n) is 12.6. The van der Waals surface area contributed by atoms with E-state index in [9.17, 15) is 18.0 Å². The number of carbonyl (C=O) groups is 2. The van der Waals surface area contributed by atoms with Crippen molar-refractivity contribution in [3.63, 3.8) is 0 Å². The highest BCUT2D eigenvalue weighted by Gasteiger charge is 2.30. The Morgan fingerprint density at radius 3 is 2.59 bits per heavy atom. The third kappa shape index (κ3) is 3.33. The number of amides is 1. The molecular formula is C14H19N3O4S. The molecule has 0 aromatic carbocycles. The van der Waals surface area contributed by atoms with Crippen LogP contribution in [0.15, 0.2) is 23.4 Å². The fourth-order valence-corrected chi connectivity index (χ4v) is 3.18. The van der Waals surface area contributed by atoms with Gasteiger partial charge in [-0.05, 0) is 45.4 Å². The van der Waals surface area contributed by atoms with Crippen LogP contribution in [0, 0.1) is 0 Å². The second-order valence-corrected chi connectivity index (χ2v) is 7.05. The number of hydrogen-bond donors (Lipinski definition) is 1. The minimum absolute atomic E-state index is 0.0320. The molecule has 0 bridgehead atoms. The zero-order valence-corrected chi connectivity index (χ0v) is 13.4. The largest absolute Gasteiger partial charge is 0.329 e. The van der Waals surface area contributed by atoms with E-state index in [1.807, 2.05) is 0 Å². The van der Waals surface area contributed by atoms with Crippen LogP contribution in [0.5, 0.6) is 0 Å². The van der Waals surface area contributed by atoms with Gasteiger partial charge in [-0.25, -0.2) is 18.1 Å². The SMILES string of the molecule is CNS(=O)(=O)c1ccc(C(=O)N2CCCCC2C(C)=O)cn1. The Morgan fingerprint density at radius 2 is 2.05 bits per heavy atom. The Hall–Kier alpha value is -1.80. The molecule has 2 rings (SSSR count). The molecule has 0 saturated carbocycles. The highest BCUT2D eigenvalue weighted by atomic mass is 32.2. The fraction of sp³-hybridized carbons (Fsp3) is 0.500. The summed E-state index contributed by atoms with van der Waals surface area (Å²) < 4.78 is 25.4. The summed E-state index contributed by atoms with van der Waals surface area (Å²) in [5, 5.41) is -0.145. The average molecular weight is 325 g/mol. The number of hydrogen-bond acceptors (Lipinski definition) is 5. The molecule has 7 nitrogen and oxygen atoms in total. The van der Waals surface area contributed by atoms with Crippen LogP contribution in [0.3, 0.4) is 0 Å². The molecule has 22 heavy (non-hydrogen) atoms. The van der Waals surface area contributed by atoms with Gasteiger partial charge in [-0.1, -0.05) is 0 Å². The number of likely N-dealkylation sites (tertiary alicyclic amines) is 1. The van der Waals surface area contributed by atoms with E-state index in [1.54, 1.807) is 4.90 Å². The first-order valence-electron chi connectivity index (χ1n) is 7.08. The maximum atomic E-state index is 12.5. The van der Waals surface area contributed by atoms with Gasteiger partial charge >= 0.3 is 0 Å². The standard InChI is InChI=1S/C14H19N3O4S/c1-10(18)12-5-3-4-8-17(12)14(19)11-6-7-13(16-9-11)22(20,21)15-2/h6-7,9,12,15H,3-5,8H2,1-2H3. The lowest BCUT2D eigenvalue weighted by atomic mass is 9.98. The van der Waals surface area contributed by atoms with Crippen LogP contribution in [-0.4, -0.2) is 49.6 Å². The summed E-state index contributed by atoms with van der Waals surface area (Å²) in [6.07, 6.45) is 3.68. The van der Waals surface area contributed by atoms with E-state index in [2.05, 4.69) is 9.71 Å². The van der Waals surface area contributed by atoms with Gasteiger partial charge in [-0.15, -0.1) is 0 Å². The third-order valence-electron chi connectivity index (χ3n) is 3.76. The lowest BCUT2D eigenvalue weighted by Crippen LogP contribution is -2.47. The molecule has 1 aromatic heterocycles. The molecule has 1 unspecified atom stereocenters. The molecule has 1 N–H and O–H groups in total. The van der Waals surface area contributed by atoms with E-state index in [-0.39, 0.29) is 22.3 Å². The van der Waals surface area contributed by atoms with Crippen LogP contribution in [0.25, 0.3) is 0 Å². The van der Waals surface area contributed by atoms with E-state index in [4.69, 9.17) is 0 Å². The van der Waals surface area contributed by atoms with Crippen LogP contribution < -0.4 is 4.72 Å². The van der Waals surface area contributed by atoms with Crippen LogP contribution in [0.4, 0.5) is 0 Å². The molecule has 2 heterocycles. The topological polar surface area (TPSA) is 96.4 Å². The summed E-state index contributed by atoms with van der Waals surface area (Å²) in [4.78, 5) is 29.6. The van der Waals surface area contributed by atoms with Crippen molar-refractivity contribution in [3.05, 3.63) is 23.9 Å². The van der Waals surface area contributed by atoms with Crippen LogP contribution >= 0.6 is 0 Å². The molecule has 1 amide bonds. The van der Waals surface area contributed by atoms with Gasteiger partial charge in [-0.2, -0.15) is 0 Å². The molecule has 0 spiro atoms. The van der Waals surface area contributed by atoms with Crippen molar-refractivity contribution in [2.45, 2.75) is 37.3 Å². The molecule has 0 aliphatic carbocycles. The summed E-state index contributed by atoms with van der Waals surface area (Å²) in [6, 6.07) is 2.30. The van der Waals surface area contributed by atoms with Crippen molar-refractivity contribution < 1.29 is 18.0 Å². The van der Waals surface area contributed by atoms with E-state index >= 15 is 0 Å². The lowest BCUT2D eigenvalue weighted by molar-refractivity contribution is -0.122. The average Bonchev–Trinajstić information content (AvgIpc) is 2.54. The predicted molar refractivity (Wildman–Crippen MR) is 79.8 cm³/mol. The predicted octanol–water partition coefficient (Wildman–Crippen LogP) is 0.573. The summed E-state index contributed by atoms with van der Waals surface area (Å²) >= 11 is 0. The van der Waals surface area contributed by atoms with Crippen LogP contribution in [0.2, 0.25) is 0 Å². The smallest absolute Gasteiger partial charge is 0.257 e. The van der Waals surface area contributed by atoms with Gasteiger partial charge in [0.25, 0.3) is 15.9 Å². The van der Waals surface area contributed by atoms with Crippen molar-refractivity contribution in [2.24, 2.45) is 0 Å². The van der Waals surface area contributed by atoms with Crippen molar-refractivity contribution in [2.75, 3.05) is 13.6 Å². The highest BCUT2D eigenvalue weighted by Crippen LogP contribution is 2.20. The number of piperidine rings is 1. The number of pyridine rings is 1. The molecule has 0 radical (unpaired) electrons. The van der Waals surface area contributed by atoms with Gasteiger partial charge in [-0.3, -0.25) is 9.59 Å². The zero-order chi connectivity index (χ0) is 16.3. The van der Waals surface area contributed by atoms with Crippen molar-refractivity contribution >= 4 is 21.7 Å². The monoisotopic (exact) mass is 325 g/mol. The van der Waals surface area contributed by atoms with E-state index in [0.717, 1.165) is 12.8 Å². The quantitative estimate of drug-likeness (QED) is 0.873. The lowest BCUT2D eigenvalue weighted by Gasteiger charge is -2.34. The Balaban J connectivity index is 2.24. The number of nitrogens with zero attached hydrogens (tertiary/aromatic N) is 2. The first-order chi connectivity index (χ1) is 10.4. The van der Waals surface area contributed by atoms with Gasteiger partial charge < -0.3 is 4.90 Å². The Morgan fingerprint density at radius 1 is 1.32 bits per heavy atom. The number of rotatable bonds is 4. The molecule has 1 saturated heterocycles. The summed E-state index contributed by atoms with van der Waals surface area (Å²) in [5.74, 6) is -0.323. The number of carbonyl (C=O) groups excluding carboxylic acids is 2. The maximum absolute atomic E-state index is 12.5.